The second-order valence-corrected chi connectivity index (χ2v) is 4.32. The number of rotatable bonds is 2. The highest BCUT2D eigenvalue weighted by molar-refractivity contribution is 5.82. The van der Waals surface area contributed by atoms with E-state index in [1.54, 1.807) is 0 Å². The lowest BCUT2D eigenvalue weighted by Crippen LogP contribution is -2.36. The lowest BCUT2D eigenvalue weighted by molar-refractivity contribution is 0.483. The quantitative estimate of drug-likeness (QED) is 0.697. The molecule has 1 N–H and O–H groups in total. The molecule has 1 aliphatic rings. The van der Waals surface area contributed by atoms with E-state index in [4.69, 9.17) is 0 Å². The fourth-order valence-corrected chi connectivity index (χ4v) is 1.42. The third-order valence-electron chi connectivity index (χ3n) is 2.77. The molecule has 0 aromatic heterocycles. The first-order valence-corrected chi connectivity index (χ1v) is 5.50. The normalized spacial score (nSPS) is 20.8. The molecule has 0 amide bonds. The van der Waals surface area contributed by atoms with Gasteiger partial charge >= 0.3 is 0 Å². The minimum Gasteiger partial charge on any atom is -0.371 e. The van der Waals surface area contributed by atoms with Gasteiger partial charge in [-0.25, -0.2) is 0 Å². The van der Waals surface area contributed by atoms with E-state index < -0.39 is 0 Å². The Balaban J connectivity index is 2.37. The molecule has 1 unspecified atom stereocenters. The summed E-state index contributed by atoms with van der Waals surface area (Å²) in [6.07, 6.45) is 5.06. The first kappa shape index (κ1) is 10.6. The molecule has 1 aliphatic heterocycles. The monoisotopic (exact) mass is 182 g/mol. The molecule has 0 aromatic rings. The summed E-state index contributed by atoms with van der Waals surface area (Å²) in [5, 5.41) is 3.51. The summed E-state index contributed by atoms with van der Waals surface area (Å²) in [4.78, 5) is 4.55. The van der Waals surface area contributed by atoms with Gasteiger partial charge in [0.05, 0.1) is 5.84 Å². The van der Waals surface area contributed by atoms with E-state index in [0.717, 1.165) is 13.0 Å². The maximum atomic E-state index is 4.55. The topological polar surface area (TPSA) is 24.4 Å². The van der Waals surface area contributed by atoms with Crippen LogP contribution in [0.2, 0.25) is 0 Å². The number of nitrogens with one attached hydrogen (secondary N) is 1. The largest absolute Gasteiger partial charge is 0.371 e. The molecule has 0 fully saturated rings. The number of nitrogens with zero attached hydrogens (tertiary/aromatic N) is 1. The fourth-order valence-electron chi connectivity index (χ4n) is 1.42. The summed E-state index contributed by atoms with van der Waals surface area (Å²) >= 11 is 0. The maximum Gasteiger partial charge on any atom is 0.0965 e. The van der Waals surface area contributed by atoms with Crippen molar-refractivity contribution in [1.29, 1.82) is 0 Å². The molecule has 13 heavy (non-hydrogen) atoms. The Bertz CT molecular complexity index is 173. The Morgan fingerprint density at radius 1 is 1.15 bits per heavy atom. The van der Waals surface area contributed by atoms with Crippen molar-refractivity contribution in [2.24, 2.45) is 10.9 Å². The van der Waals surface area contributed by atoms with Crippen LogP contribution in [0, 0.1) is 5.92 Å². The van der Waals surface area contributed by atoms with Crippen LogP contribution in [0.15, 0.2) is 4.99 Å². The number of aliphatic imine (C=N–C) groups is 1. The molecule has 1 atom stereocenters. The van der Waals surface area contributed by atoms with Gasteiger partial charge in [-0.1, -0.05) is 20.3 Å². The Labute approximate surface area is 81.8 Å². The van der Waals surface area contributed by atoms with Crippen molar-refractivity contribution in [3.05, 3.63) is 0 Å². The lowest BCUT2D eigenvalue weighted by atomic mass is 10.1. The predicted molar refractivity (Wildman–Crippen MR) is 58.2 cm³/mol. The van der Waals surface area contributed by atoms with Crippen molar-refractivity contribution < 1.29 is 0 Å². The van der Waals surface area contributed by atoms with Crippen LogP contribution in [0.5, 0.6) is 0 Å². The first-order valence-electron chi connectivity index (χ1n) is 5.50. The Morgan fingerprint density at radius 3 is 2.62 bits per heavy atom. The van der Waals surface area contributed by atoms with Crippen LogP contribution in [-0.4, -0.2) is 18.4 Å². The molecule has 76 valence electrons. The molecular formula is C11H22N2. The van der Waals surface area contributed by atoms with Crippen molar-refractivity contribution in [2.75, 3.05) is 6.54 Å². The molecule has 0 spiro atoms. The zero-order valence-corrected chi connectivity index (χ0v) is 9.14. The molecule has 1 rings (SSSR count). The van der Waals surface area contributed by atoms with E-state index in [2.05, 4.69) is 31.1 Å². The summed E-state index contributed by atoms with van der Waals surface area (Å²) in [5.74, 6) is 1.92. The third kappa shape index (κ3) is 3.79. The lowest BCUT2D eigenvalue weighted by Gasteiger charge is -2.19. The molecule has 0 saturated carbocycles. The highest BCUT2D eigenvalue weighted by Gasteiger charge is 2.10. The van der Waals surface area contributed by atoms with Gasteiger partial charge in [0.1, 0.15) is 0 Å². The fraction of sp³-hybridized carbons (Fsp3) is 0.909. The van der Waals surface area contributed by atoms with Crippen LogP contribution >= 0.6 is 0 Å². The summed E-state index contributed by atoms with van der Waals surface area (Å²) in [6.45, 7) is 7.75. The van der Waals surface area contributed by atoms with Gasteiger partial charge in [-0.15, -0.1) is 0 Å². The van der Waals surface area contributed by atoms with Gasteiger partial charge < -0.3 is 5.32 Å². The van der Waals surface area contributed by atoms with Crippen LogP contribution in [0.1, 0.15) is 46.5 Å². The summed E-state index contributed by atoms with van der Waals surface area (Å²) in [6, 6.07) is 0.553. The van der Waals surface area contributed by atoms with Crippen molar-refractivity contribution >= 4 is 5.84 Å². The number of amidine groups is 1. The summed E-state index contributed by atoms with van der Waals surface area (Å²) < 4.78 is 0. The first-order chi connectivity index (χ1) is 6.20. The third-order valence-corrected chi connectivity index (χ3v) is 2.77. The Morgan fingerprint density at radius 2 is 1.92 bits per heavy atom. The highest BCUT2D eigenvalue weighted by atomic mass is 15.0. The zero-order valence-electron chi connectivity index (χ0n) is 9.14. The summed E-state index contributed by atoms with van der Waals surface area (Å²) in [7, 11) is 0. The highest BCUT2D eigenvalue weighted by Crippen LogP contribution is 2.08. The van der Waals surface area contributed by atoms with Gasteiger partial charge in [0.15, 0.2) is 0 Å². The molecule has 0 aliphatic carbocycles. The van der Waals surface area contributed by atoms with E-state index in [1.165, 1.54) is 25.1 Å². The molecule has 2 nitrogen and oxygen atoms in total. The van der Waals surface area contributed by atoms with Crippen molar-refractivity contribution in [2.45, 2.75) is 52.5 Å². The van der Waals surface area contributed by atoms with Crippen LogP contribution in [0.3, 0.4) is 0 Å². The SMILES string of the molecule is CC(C)C(C)NC1=NCCCCC1. The van der Waals surface area contributed by atoms with Crippen LogP contribution in [0.4, 0.5) is 0 Å². The molecule has 0 radical (unpaired) electrons. The van der Waals surface area contributed by atoms with E-state index in [1.807, 2.05) is 0 Å². The molecule has 2 heteroatoms. The average molecular weight is 182 g/mol. The molecule has 0 bridgehead atoms. The predicted octanol–water partition coefficient (Wildman–Crippen LogP) is 2.59. The molecule has 0 aromatic carbocycles. The van der Waals surface area contributed by atoms with Gasteiger partial charge in [-0.3, -0.25) is 4.99 Å². The molecule has 1 heterocycles. The minimum atomic E-state index is 0.553. The van der Waals surface area contributed by atoms with Crippen LogP contribution < -0.4 is 5.32 Å². The zero-order chi connectivity index (χ0) is 9.68. The maximum absolute atomic E-state index is 4.55. The standard InChI is InChI=1S/C11H22N2/c1-9(2)10(3)13-11-7-5-4-6-8-12-11/h9-10H,4-8H2,1-3H3,(H,12,13). The summed E-state index contributed by atoms with van der Waals surface area (Å²) in [5.41, 5.74) is 0. The van der Waals surface area contributed by atoms with E-state index >= 15 is 0 Å². The van der Waals surface area contributed by atoms with Crippen molar-refractivity contribution in [3.8, 4) is 0 Å². The smallest absolute Gasteiger partial charge is 0.0965 e. The average Bonchev–Trinajstić information content (AvgIpc) is 2.32. The number of hydrogen-bond acceptors (Lipinski definition) is 2. The van der Waals surface area contributed by atoms with Crippen LogP contribution in [0.25, 0.3) is 0 Å². The van der Waals surface area contributed by atoms with E-state index in [-0.39, 0.29) is 0 Å². The second-order valence-electron chi connectivity index (χ2n) is 4.32. The van der Waals surface area contributed by atoms with Crippen molar-refractivity contribution in [3.63, 3.8) is 0 Å². The van der Waals surface area contributed by atoms with Gasteiger partial charge in [0, 0.05) is 19.0 Å². The van der Waals surface area contributed by atoms with Gasteiger partial charge in [-0.05, 0) is 25.7 Å². The van der Waals surface area contributed by atoms with Gasteiger partial charge in [0.25, 0.3) is 0 Å². The molecule has 0 saturated heterocycles. The van der Waals surface area contributed by atoms with E-state index in [0.29, 0.717) is 12.0 Å². The Hall–Kier alpha value is -0.530. The van der Waals surface area contributed by atoms with E-state index in [9.17, 15) is 0 Å². The van der Waals surface area contributed by atoms with Gasteiger partial charge in [-0.2, -0.15) is 0 Å². The molecular weight excluding hydrogens is 160 g/mol. The van der Waals surface area contributed by atoms with Gasteiger partial charge in [0.2, 0.25) is 0 Å². The number of hydrogen-bond donors (Lipinski definition) is 1. The van der Waals surface area contributed by atoms with Crippen molar-refractivity contribution in [1.82, 2.24) is 5.32 Å². The second kappa shape index (κ2) is 5.25. The minimum absolute atomic E-state index is 0.553. The van der Waals surface area contributed by atoms with Crippen LogP contribution in [-0.2, 0) is 0 Å². The Kier molecular flexibility index (Phi) is 4.26.